The Hall–Kier alpha value is -1.74. The van der Waals surface area contributed by atoms with Crippen molar-refractivity contribution in [3.63, 3.8) is 0 Å². The topological polar surface area (TPSA) is 134 Å². The molecule has 0 aliphatic carbocycles. The third-order valence-corrected chi connectivity index (χ3v) is 4.99. The van der Waals surface area contributed by atoms with Crippen molar-refractivity contribution in [2.75, 3.05) is 25.2 Å². The van der Waals surface area contributed by atoms with Crippen LogP contribution in [0.5, 0.6) is 0 Å². The average Bonchev–Trinajstić information content (AvgIpc) is 2.89. The SMILES string of the molecule is CCOP(=O)(CNC(=O)Cn1cnc2c(Cl)nc(N)nc21)OCC. The smallest absolute Gasteiger partial charge is 0.349 e. The fourth-order valence-electron chi connectivity index (χ4n) is 1.96. The molecule has 0 bridgehead atoms. The normalized spacial score (nSPS) is 11.8. The van der Waals surface area contributed by atoms with Crippen molar-refractivity contribution in [2.45, 2.75) is 20.4 Å². The number of imidazole rings is 1. The Bertz CT molecular complexity index is 772. The molecule has 0 aliphatic heterocycles. The zero-order valence-corrected chi connectivity index (χ0v) is 14.9. The van der Waals surface area contributed by atoms with Crippen LogP contribution in [0.25, 0.3) is 11.2 Å². The number of rotatable bonds is 8. The van der Waals surface area contributed by atoms with Crippen molar-refractivity contribution < 1.29 is 18.4 Å². The van der Waals surface area contributed by atoms with Crippen molar-refractivity contribution in [1.29, 1.82) is 0 Å². The van der Waals surface area contributed by atoms with Crippen LogP contribution in [0.15, 0.2) is 6.33 Å². The fourth-order valence-corrected chi connectivity index (χ4v) is 3.59. The number of nitrogen functional groups attached to an aromatic ring is 1. The Morgan fingerprint density at radius 1 is 1.38 bits per heavy atom. The van der Waals surface area contributed by atoms with Crippen LogP contribution in [0.2, 0.25) is 5.15 Å². The monoisotopic (exact) mass is 376 g/mol. The average molecular weight is 377 g/mol. The fraction of sp³-hybridized carbons (Fsp3) is 0.500. The molecule has 2 rings (SSSR count). The highest BCUT2D eigenvalue weighted by molar-refractivity contribution is 7.53. The minimum Gasteiger partial charge on any atom is -0.368 e. The number of anilines is 1. The van der Waals surface area contributed by atoms with E-state index in [-0.39, 0.29) is 37.1 Å². The molecule has 3 N–H and O–H groups in total. The number of fused-ring (bicyclic) bond motifs is 1. The second kappa shape index (κ2) is 7.89. The van der Waals surface area contributed by atoms with Crippen LogP contribution in [0.1, 0.15) is 13.8 Å². The highest BCUT2D eigenvalue weighted by Gasteiger charge is 2.24. The summed E-state index contributed by atoms with van der Waals surface area (Å²) in [5.74, 6) is -0.436. The van der Waals surface area contributed by atoms with Gasteiger partial charge in [0.25, 0.3) is 0 Å². The maximum atomic E-state index is 12.3. The molecule has 0 radical (unpaired) electrons. The van der Waals surface area contributed by atoms with E-state index in [1.54, 1.807) is 13.8 Å². The van der Waals surface area contributed by atoms with Crippen LogP contribution in [0.4, 0.5) is 5.95 Å². The molecule has 0 saturated carbocycles. The molecule has 2 aromatic rings. The zero-order valence-electron chi connectivity index (χ0n) is 13.2. The minimum absolute atomic E-state index is 0.0214. The number of carbonyl (C=O) groups is 1. The third-order valence-electron chi connectivity index (χ3n) is 2.87. The molecule has 132 valence electrons. The molecular formula is C12H18ClN6O4P. The van der Waals surface area contributed by atoms with Gasteiger partial charge in [-0.25, -0.2) is 4.98 Å². The van der Waals surface area contributed by atoms with E-state index in [4.69, 9.17) is 26.4 Å². The van der Waals surface area contributed by atoms with Gasteiger partial charge in [0.15, 0.2) is 10.8 Å². The molecule has 0 aliphatic rings. The van der Waals surface area contributed by atoms with Crippen molar-refractivity contribution in [3.8, 4) is 0 Å². The van der Waals surface area contributed by atoms with Crippen LogP contribution >= 0.6 is 19.2 Å². The summed E-state index contributed by atoms with van der Waals surface area (Å²) in [5.41, 5.74) is 6.22. The molecule has 0 saturated heterocycles. The summed E-state index contributed by atoms with van der Waals surface area (Å²) in [5, 5.41) is 2.62. The van der Waals surface area contributed by atoms with Crippen LogP contribution < -0.4 is 11.1 Å². The van der Waals surface area contributed by atoms with Crippen LogP contribution in [0, 0.1) is 0 Å². The molecule has 2 heterocycles. The summed E-state index contributed by atoms with van der Waals surface area (Å²) >= 11 is 5.93. The van der Waals surface area contributed by atoms with E-state index in [1.165, 1.54) is 10.9 Å². The molecular weight excluding hydrogens is 359 g/mol. The van der Waals surface area contributed by atoms with Crippen molar-refractivity contribution in [2.24, 2.45) is 0 Å². The first-order chi connectivity index (χ1) is 11.4. The van der Waals surface area contributed by atoms with Crippen molar-refractivity contribution in [3.05, 3.63) is 11.5 Å². The summed E-state index contributed by atoms with van der Waals surface area (Å²) in [6.45, 7) is 3.71. The number of nitrogens with one attached hydrogen (secondary N) is 1. The lowest BCUT2D eigenvalue weighted by molar-refractivity contribution is -0.121. The molecule has 0 atom stereocenters. The first kappa shape index (κ1) is 18.6. The zero-order chi connectivity index (χ0) is 17.7. The Labute approximate surface area is 143 Å². The number of nitrogens with two attached hydrogens (primary N) is 1. The molecule has 0 fully saturated rings. The van der Waals surface area contributed by atoms with Gasteiger partial charge in [-0.2, -0.15) is 9.97 Å². The molecule has 2 aromatic heterocycles. The van der Waals surface area contributed by atoms with Gasteiger partial charge in [0.05, 0.1) is 19.5 Å². The second-order valence-electron chi connectivity index (χ2n) is 4.62. The summed E-state index contributed by atoms with van der Waals surface area (Å²) < 4.78 is 24.0. The predicted molar refractivity (Wildman–Crippen MR) is 88.6 cm³/mol. The Morgan fingerprint density at radius 2 is 2.04 bits per heavy atom. The van der Waals surface area contributed by atoms with Crippen LogP contribution in [-0.4, -0.2) is 44.9 Å². The predicted octanol–water partition coefficient (Wildman–Crippen LogP) is 1.40. The summed E-state index contributed by atoms with van der Waals surface area (Å²) in [4.78, 5) is 23.9. The molecule has 1 amide bonds. The summed E-state index contributed by atoms with van der Waals surface area (Å²) in [6.07, 6.45) is 1.17. The van der Waals surface area contributed by atoms with Crippen molar-refractivity contribution in [1.82, 2.24) is 24.8 Å². The number of halogens is 1. The Morgan fingerprint density at radius 3 is 2.67 bits per heavy atom. The highest BCUT2D eigenvalue weighted by atomic mass is 35.5. The Balaban J connectivity index is 2.06. The summed E-state index contributed by atoms with van der Waals surface area (Å²) in [6, 6.07) is 0. The van der Waals surface area contributed by atoms with Gasteiger partial charge in [-0.15, -0.1) is 0 Å². The van der Waals surface area contributed by atoms with E-state index in [0.717, 1.165) is 0 Å². The molecule has 0 aromatic carbocycles. The van der Waals surface area contributed by atoms with Gasteiger partial charge in [0.1, 0.15) is 18.3 Å². The number of carbonyl (C=O) groups excluding carboxylic acids is 1. The molecule has 0 unspecified atom stereocenters. The molecule has 0 spiro atoms. The minimum atomic E-state index is -3.35. The molecule has 12 heteroatoms. The number of amides is 1. The molecule has 10 nitrogen and oxygen atoms in total. The lowest BCUT2D eigenvalue weighted by Gasteiger charge is -2.17. The standard InChI is InChI=1S/C12H18ClN6O4P/c1-3-22-24(21,23-4-2)7-16-8(20)5-19-6-15-9-10(13)17-12(14)18-11(9)19/h6H,3-5,7H2,1-2H3,(H,16,20)(H2,14,17,18). The van der Waals surface area contributed by atoms with Gasteiger partial charge < -0.3 is 24.7 Å². The van der Waals surface area contributed by atoms with Gasteiger partial charge in [-0.1, -0.05) is 11.6 Å². The maximum absolute atomic E-state index is 12.3. The lowest BCUT2D eigenvalue weighted by atomic mass is 10.5. The second-order valence-corrected chi connectivity index (χ2v) is 7.03. The highest BCUT2D eigenvalue weighted by Crippen LogP contribution is 2.46. The van der Waals surface area contributed by atoms with Crippen LogP contribution in [-0.2, 0) is 25.0 Å². The first-order valence-corrected chi connectivity index (χ1v) is 9.27. The van der Waals surface area contributed by atoms with Gasteiger partial charge in [0, 0.05) is 0 Å². The lowest BCUT2D eigenvalue weighted by Crippen LogP contribution is -2.29. The number of nitrogens with zero attached hydrogens (tertiary/aromatic N) is 4. The Kier molecular flexibility index (Phi) is 6.11. The third kappa shape index (κ3) is 4.41. The van der Waals surface area contributed by atoms with E-state index >= 15 is 0 Å². The van der Waals surface area contributed by atoms with E-state index in [9.17, 15) is 9.36 Å². The number of hydrogen-bond acceptors (Lipinski definition) is 8. The quantitative estimate of drug-likeness (QED) is 0.521. The molecule has 24 heavy (non-hydrogen) atoms. The van der Waals surface area contributed by atoms with Crippen LogP contribution in [0.3, 0.4) is 0 Å². The summed E-state index contributed by atoms with van der Waals surface area (Å²) in [7, 11) is -3.35. The van der Waals surface area contributed by atoms with E-state index < -0.39 is 13.5 Å². The van der Waals surface area contributed by atoms with E-state index in [2.05, 4.69) is 20.3 Å². The van der Waals surface area contributed by atoms with Gasteiger partial charge in [-0.05, 0) is 13.8 Å². The van der Waals surface area contributed by atoms with E-state index in [1.807, 2.05) is 0 Å². The maximum Gasteiger partial charge on any atom is 0.349 e. The first-order valence-electron chi connectivity index (χ1n) is 7.17. The van der Waals surface area contributed by atoms with Gasteiger partial charge in [-0.3, -0.25) is 9.36 Å². The van der Waals surface area contributed by atoms with Gasteiger partial charge in [0.2, 0.25) is 11.9 Å². The van der Waals surface area contributed by atoms with E-state index in [0.29, 0.717) is 11.2 Å². The number of aromatic nitrogens is 4. The number of hydrogen-bond donors (Lipinski definition) is 2. The van der Waals surface area contributed by atoms with Crippen molar-refractivity contribution >= 4 is 42.2 Å². The largest absolute Gasteiger partial charge is 0.368 e. The van der Waals surface area contributed by atoms with Gasteiger partial charge >= 0.3 is 7.60 Å².